The number of benzene rings is 2. The summed E-state index contributed by atoms with van der Waals surface area (Å²) in [5.74, 6) is 0.0378. The van der Waals surface area contributed by atoms with Crippen molar-refractivity contribution in [1.82, 2.24) is 15.1 Å². The second-order valence-corrected chi connectivity index (χ2v) is 6.82. The number of nitrogens with one attached hydrogen (secondary N) is 1. The second-order valence-electron chi connectivity index (χ2n) is 6.82. The fourth-order valence-corrected chi connectivity index (χ4v) is 2.75. The Bertz CT molecular complexity index is 806. The number of amides is 1. The summed E-state index contributed by atoms with van der Waals surface area (Å²) in [5.41, 5.74) is 3.10. The van der Waals surface area contributed by atoms with Gasteiger partial charge in [-0.15, -0.1) is 0 Å². The zero-order chi connectivity index (χ0) is 17.7. The Balaban J connectivity index is 1.56. The van der Waals surface area contributed by atoms with Crippen LogP contribution in [0.2, 0.25) is 0 Å². The minimum atomic E-state index is -0.0964. The summed E-state index contributed by atoms with van der Waals surface area (Å²) in [6.07, 6.45) is 4.02. The van der Waals surface area contributed by atoms with Gasteiger partial charge >= 0.3 is 0 Å². The molecule has 1 aromatic heterocycles. The first-order chi connectivity index (χ1) is 12.0. The van der Waals surface area contributed by atoms with Gasteiger partial charge in [-0.3, -0.25) is 4.79 Å². The summed E-state index contributed by atoms with van der Waals surface area (Å²) in [6.45, 7) is 4.89. The molecule has 2 aromatic carbocycles. The van der Waals surface area contributed by atoms with Crippen LogP contribution in [0.1, 0.15) is 25.0 Å². The van der Waals surface area contributed by atoms with Crippen LogP contribution in [-0.4, -0.2) is 22.2 Å². The molecular weight excluding hydrogens is 310 g/mol. The fourth-order valence-electron chi connectivity index (χ4n) is 2.75. The van der Waals surface area contributed by atoms with Crippen LogP contribution in [0.5, 0.6) is 0 Å². The molecule has 1 heterocycles. The van der Waals surface area contributed by atoms with Gasteiger partial charge in [0.2, 0.25) is 5.91 Å². The van der Waals surface area contributed by atoms with Crippen LogP contribution in [0.25, 0.3) is 5.69 Å². The molecule has 0 aliphatic carbocycles. The second kappa shape index (κ2) is 7.34. The van der Waals surface area contributed by atoms with E-state index in [0.717, 1.165) is 11.3 Å². The highest BCUT2D eigenvalue weighted by Gasteiger charge is 2.21. The summed E-state index contributed by atoms with van der Waals surface area (Å²) in [5, 5.41) is 7.26. The molecule has 0 unspecified atom stereocenters. The minimum Gasteiger partial charge on any atom is -0.355 e. The lowest BCUT2D eigenvalue weighted by Gasteiger charge is -2.25. The molecule has 3 rings (SSSR count). The molecule has 0 spiro atoms. The van der Waals surface area contributed by atoms with Gasteiger partial charge in [-0.1, -0.05) is 56.3 Å². The van der Waals surface area contributed by atoms with E-state index in [4.69, 9.17) is 0 Å². The van der Waals surface area contributed by atoms with Crippen LogP contribution < -0.4 is 5.32 Å². The van der Waals surface area contributed by atoms with Crippen molar-refractivity contribution in [3.8, 4) is 5.69 Å². The average molecular weight is 333 g/mol. The molecule has 0 atom stereocenters. The predicted molar refractivity (Wildman–Crippen MR) is 99.7 cm³/mol. The smallest absolute Gasteiger partial charge is 0.224 e. The summed E-state index contributed by atoms with van der Waals surface area (Å²) in [6, 6.07) is 20.0. The Morgan fingerprint density at radius 2 is 1.76 bits per heavy atom. The molecular formula is C21H23N3O. The highest BCUT2D eigenvalue weighted by atomic mass is 16.1. The van der Waals surface area contributed by atoms with Gasteiger partial charge < -0.3 is 5.32 Å². The fraction of sp³-hybridized carbons (Fsp3) is 0.238. The number of hydrogen-bond acceptors (Lipinski definition) is 2. The van der Waals surface area contributed by atoms with Gasteiger partial charge in [-0.05, 0) is 29.3 Å². The molecule has 0 aliphatic rings. The third-order valence-corrected chi connectivity index (χ3v) is 4.35. The number of aromatic nitrogens is 2. The Hall–Kier alpha value is -2.88. The van der Waals surface area contributed by atoms with Gasteiger partial charge in [0.15, 0.2) is 0 Å². The maximum absolute atomic E-state index is 12.3. The minimum absolute atomic E-state index is 0.0378. The van der Waals surface area contributed by atoms with Gasteiger partial charge in [0.25, 0.3) is 0 Å². The Kier molecular flexibility index (Phi) is 4.98. The maximum Gasteiger partial charge on any atom is 0.224 e. The van der Waals surface area contributed by atoms with Crippen molar-refractivity contribution in [1.29, 1.82) is 0 Å². The molecule has 3 aromatic rings. The molecule has 25 heavy (non-hydrogen) atoms. The van der Waals surface area contributed by atoms with Gasteiger partial charge in [0.1, 0.15) is 0 Å². The molecule has 0 bridgehead atoms. The number of carbonyl (C=O) groups is 1. The van der Waals surface area contributed by atoms with Crippen LogP contribution in [0.4, 0.5) is 0 Å². The standard InChI is InChI=1S/C21H23N3O/c1-21(2,18-7-4-3-5-8-18)16-22-20(25)15-17-9-11-19(12-10-17)24-14-6-13-23-24/h3-14H,15-16H2,1-2H3,(H,22,25). The van der Waals surface area contributed by atoms with Crippen molar-refractivity contribution >= 4 is 5.91 Å². The van der Waals surface area contributed by atoms with E-state index in [0.29, 0.717) is 13.0 Å². The summed E-state index contributed by atoms with van der Waals surface area (Å²) in [4.78, 5) is 12.3. The number of nitrogens with zero attached hydrogens (tertiary/aromatic N) is 2. The van der Waals surface area contributed by atoms with E-state index in [2.05, 4.69) is 36.4 Å². The van der Waals surface area contributed by atoms with Crippen molar-refractivity contribution in [3.05, 3.63) is 84.2 Å². The Morgan fingerprint density at radius 1 is 1.04 bits per heavy atom. The molecule has 0 saturated carbocycles. The number of rotatable bonds is 6. The Labute approximate surface area is 148 Å². The van der Waals surface area contributed by atoms with E-state index >= 15 is 0 Å². The van der Waals surface area contributed by atoms with Gasteiger partial charge in [-0.2, -0.15) is 5.10 Å². The third-order valence-electron chi connectivity index (χ3n) is 4.35. The van der Waals surface area contributed by atoms with Crippen molar-refractivity contribution in [2.75, 3.05) is 6.54 Å². The first-order valence-electron chi connectivity index (χ1n) is 8.46. The van der Waals surface area contributed by atoms with E-state index in [1.807, 2.05) is 54.7 Å². The van der Waals surface area contributed by atoms with E-state index < -0.39 is 0 Å². The molecule has 4 heteroatoms. The topological polar surface area (TPSA) is 46.9 Å². The molecule has 1 N–H and O–H groups in total. The number of carbonyl (C=O) groups excluding carboxylic acids is 1. The molecule has 0 fully saturated rings. The summed E-state index contributed by atoms with van der Waals surface area (Å²) < 4.78 is 1.80. The van der Waals surface area contributed by atoms with Crippen LogP contribution in [-0.2, 0) is 16.6 Å². The molecule has 0 saturated heterocycles. The van der Waals surface area contributed by atoms with Crippen LogP contribution in [0.15, 0.2) is 73.1 Å². The zero-order valence-electron chi connectivity index (χ0n) is 14.6. The van der Waals surface area contributed by atoms with E-state index in [-0.39, 0.29) is 11.3 Å². The van der Waals surface area contributed by atoms with Crippen LogP contribution >= 0.6 is 0 Å². The van der Waals surface area contributed by atoms with Crippen molar-refractivity contribution in [3.63, 3.8) is 0 Å². The predicted octanol–water partition coefficient (Wildman–Crippen LogP) is 3.51. The molecule has 128 valence electrons. The largest absolute Gasteiger partial charge is 0.355 e. The highest BCUT2D eigenvalue weighted by Crippen LogP contribution is 2.21. The third kappa shape index (κ3) is 4.35. The molecule has 1 amide bonds. The monoisotopic (exact) mass is 333 g/mol. The highest BCUT2D eigenvalue weighted by molar-refractivity contribution is 5.78. The van der Waals surface area contributed by atoms with Crippen LogP contribution in [0.3, 0.4) is 0 Å². The lowest BCUT2D eigenvalue weighted by atomic mass is 9.84. The SMILES string of the molecule is CC(C)(CNC(=O)Cc1ccc(-n2cccn2)cc1)c1ccccc1. The summed E-state index contributed by atoms with van der Waals surface area (Å²) >= 11 is 0. The first-order valence-corrected chi connectivity index (χ1v) is 8.46. The zero-order valence-corrected chi connectivity index (χ0v) is 14.6. The van der Waals surface area contributed by atoms with Gasteiger partial charge in [0.05, 0.1) is 12.1 Å². The quantitative estimate of drug-likeness (QED) is 0.750. The first kappa shape index (κ1) is 17.0. The average Bonchev–Trinajstić information content (AvgIpc) is 3.16. The van der Waals surface area contributed by atoms with Crippen molar-refractivity contribution < 1.29 is 4.79 Å². The van der Waals surface area contributed by atoms with Gasteiger partial charge in [0, 0.05) is 24.4 Å². The lowest BCUT2D eigenvalue weighted by Crippen LogP contribution is -2.37. The molecule has 0 radical (unpaired) electrons. The normalized spacial score (nSPS) is 11.3. The molecule has 4 nitrogen and oxygen atoms in total. The molecule has 0 aliphatic heterocycles. The van der Waals surface area contributed by atoms with E-state index in [9.17, 15) is 4.79 Å². The van der Waals surface area contributed by atoms with E-state index in [1.54, 1.807) is 10.9 Å². The van der Waals surface area contributed by atoms with Crippen molar-refractivity contribution in [2.45, 2.75) is 25.7 Å². The summed E-state index contributed by atoms with van der Waals surface area (Å²) in [7, 11) is 0. The lowest BCUT2D eigenvalue weighted by molar-refractivity contribution is -0.120. The van der Waals surface area contributed by atoms with Gasteiger partial charge in [-0.25, -0.2) is 4.68 Å². The maximum atomic E-state index is 12.3. The Morgan fingerprint density at radius 3 is 2.40 bits per heavy atom. The number of hydrogen-bond donors (Lipinski definition) is 1. The van der Waals surface area contributed by atoms with Crippen molar-refractivity contribution in [2.24, 2.45) is 0 Å². The van der Waals surface area contributed by atoms with Crippen LogP contribution in [0, 0.1) is 0 Å². The van der Waals surface area contributed by atoms with E-state index in [1.165, 1.54) is 5.56 Å².